The van der Waals surface area contributed by atoms with Crippen LogP contribution in [0.4, 0.5) is 0 Å². The molecular formula is C28H27NO3. The van der Waals surface area contributed by atoms with Gasteiger partial charge in [0, 0.05) is 31.5 Å². The lowest BCUT2D eigenvalue weighted by Crippen LogP contribution is -2.49. The Hall–Kier alpha value is -3.53. The first kappa shape index (κ1) is 20.4. The molecule has 162 valence electrons. The fourth-order valence-corrected chi connectivity index (χ4v) is 4.51. The highest BCUT2D eigenvalue weighted by atomic mass is 16.5. The molecule has 0 N–H and O–H groups in total. The zero-order valence-electron chi connectivity index (χ0n) is 18.3. The van der Waals surface area contributed by atoms with E-state index >= 15 is 0 Å². The second kappa shape index (κ2) is 8.54. The van der Waals surface area contributed by atoms with E-state index in [4.69, 9.17) is 9.47 Å². The zero-order valence-corrected chi connectivity index (χ0v) is 18.3. The molecule has 3 aromatic rings. The van der Waals surface area contributed by atoms with Gasteiger partial charge in [-0.3, -0.25) is 4.79 Å². The van der Waals surface area contributed by atoms with E-state index < -0.39 is 0 Å². The molecule has 0 atom stereocenters. The largest absolute Gasteiger partial charge is 0.497 e. The predicted molar refractivity (Wildman–Crippen MR) is 127 cm³/mol. The molecule has 0 radical (unpaired) electrons. The van der Waals surface area contributed by atoms with Crippen LogP contribution >= 0.6 is 0 Å². The maximum absolute atomic E-state index is 12.8. The Kier molecular flexibility index (Phi) is 5.44. The second-order valence-corrected chi connectivity index (χ2v) is 8.52. The summed E-state index contributed by atoms with van der Waals surface area (Å²) in [6.45, 7) is 1.41. The predicted octanol–water partition coefficient (Wildman–Crippen LogP) is 5.37. The number of hydrogen-bond acceptors (Lipinski definition) is 3. The minimum absolute atomic E-state index is 0.165. The van der Waals surface area contributed by atoms with E-state index in [1.165, 1.54) is 11.1 Å². The molecular weight excluding hydrogens is 398 g/mol. The van der Waals surface area contributed by atoms with Gasteiger partial charge in [-0.15, -0.1) is 0 Å². The molecule has 0 unspecified atom stereocenters. The molecule has 2 aliphatic heterocycles. The molecule has 1 spiro atoms. The third-order valence-corrected chi connectivity index (χ3v) is 6.47. The fourth-order valence-electron chi connectivity index (χ4n) is 4.51. The summed E-state index contributed by atoms with van der Waals surface area (Å²) >= 11 is 0. The average molecular weight is 426 g/mol. The first-order chi connectivity index (χ1) is 15.6. The van der Waals surface area contributed by atoms with Crippen molar-refractivity contribution in [3.8, 4) is 22.6 Å². The first-order valence-corrected chi connectivity index (χ1v) is 11.1. The highest BCUT2D eigenvalue weighted by Crippen LogP contribution is 2.38. The van der Waals surface area contributed by atoms with Gasteiger partial charge >= 0.3 is 0 Å². The van der Waals surface area contributed by atoms with Gasteiger partial charge in [0.2, 0.25) is 5.91 Å². The molecule has 3 aromatic carbocycles. The van der Waals surface area contributed by atoms with Crippen molar-refractivity contribution >= 4 is 12.0 Å². The van der Waals surface area contributed by atoms with Crippen molar-refractivity contribution in [1.82, 2.24) is 4.90 Å². The Morgan fingerprint density at radius 1 is 0.969 bits per heavy atom. The van der Waals surface area contributed by atoms with Gasteiger partial charge in [-0.05, 0) is 47.0 Å². The standard InChI is InChI=1S/C28H27NO3/c1-31-25-10-7-21(8-11-25)19-27(30)29-17-15-28(16-18-29)14-13-24-20-23(9-12-26(24)32-28)22-5-3-2-4-6-22/h2-14,20H,15-19H2,1H3. The van der Waals surface area contributed by atoms with Gasteiger partial charge in [-0.2, -0.15) is 0 Å². The summed E-state index contributed by atoms with van der Waals surface area (Å²) in [6.07, 6.45) is 6.39. The van der Waals surface area contributed by atoms with Crippen LogP contribution in [0.2, 0.25) is 0 Å². The molecule has 0 aliphatic carbocycles. The van der Waals surface area contributed by atoms with E-state index in [-0.39, 0.29) is 11.5 Å². The van der Waals surface area contributed by atoms with Gasteiger partial charge in [-0.25, -0.2) is 0 Å². The number of carbonyl (C=O) groups excluding carboxylic acids is 1. The molecule has 5 rings (SSSR count). The summed E-state index contributed by atoms with van der Waals surface area (Å²) in [5, 5.41) is 0. The normalized spacial score (nSPS) is 16.3. The van der Waals surface area contributed by atoms with Gasteiger partial charge in [0.05, 0.1) is 13.5 Å². The van der Waals surface area contributed by atoms with Crippen LogP contribution in [0, 0.1) is 0 Å². The van der Waals surface area contributed by atoms with Crippen molar-refractivity contribution in [3.05, 3.63) is 90.0 Å². The van der Waals surface area contributed by atoms with Crippen LogP contribution in [0.5, 0.6) is 11.5 Å². The summed E-state index contributed by atoms with van der Waals surface area (Å²) in [4.78, 5) is 14.8. The van der Waals surface area contributed by atoms with E-state index in [1.807, 2.05) is 35.2 Å². The van der Waals surface area contributed by atoms with Crippen LogP contribution in [-0.2, 0) is 11.2 Å². The number of hydrogen-bond donors (Lipinski definition) is 0. The Balaban J connectivity index is 1.23. The molecule has 32 heavy (non-hydrogen) atoms. The third-order valence-electron chi connectivity index (χ3n) is 6.47. The van der Waals surface area contributed by atoms with Crippen molar-refractivity contribution in [2.45, 2.75) is 24.9 Å². The Morgan fingerprint density at radius 3 is 2.44 bits per heavy atom. The SMILES string of the molecule is COc1ccc(CC(=O)N2CCC3(C=Cc4cc(-c5ccccc5)ccc4O3)CC2)cc1. The number of amides is 1. The fraction of sp³-hybridized carbons (Fsp3) is 0.250. The lowest BCUT2D eigenvalue weighted by molar-refractivity contribution is -0.133. The molecule has 1 amide bonds. The number of fused-ring (bicyclic) bond motifs is 1. The quantitative estimate of drug-likeness (QED) is 0.564. The summed E-state index contributed by atoms with van der Waals surface area (Å²) in [5.41, 5.74) is 4.18. The van der Waals surface area contributed by atoms with Crippen LogP contribution in [-0.4, -0.2) is 36.6 Å². The number of carbonyl (C=O) groups is 1. The first-order valence-electron chi connectivity index (χ1n) is 11.1. The van der Waals surface area contributed by atoms with E-state index in [1.54, 1.807) is 7.11 Å². The van der Waals surface area contributed by atoms with Crippen LogP contribution in [0.25, 0.3) is 17.2 Å². The van der Waals surface area contributed by atoms with E-state index in [2.05, 4.69) is 54.6 Å². The molecule has 1 saturated heterocycles. The van der Waals surface area contributed by atoms with Gasteiger partial charge in [0.1, 0.15) is 17.1 Å². The number of ether oxygens (including phenoxy) is 2. The average Bonchev–Trinajstić information content (AvgIpc) is 2.85. The topological polar surface area (TPSA) is 38.8 Å². The van der Waals surface area contributed by atoms with Crippen molar-refractivity contribution in [1.29, 1.82) is 0 Å². The zero-order chi connectivity index (χ0) is 22.0. The van der Waals surface area contributed by atoms with Crippen molar-refractivity contribution in [2.24, 2.45) is 0 Å². The van der Waals surface area contributed by atoms with Gasteiger partial charge < -0.3 is 14.4 Å². The lowest BCUT2D eigenvalue weighted by Gasteiger charge is -2.42. The van der Waals surface area contributed by atoms with Crippen molar-refractivity contribution in [2.75, 3.05) is 20.2 Å². The van der Waals surface area contributed by atoms with E-state index in [0.29, 0.717) is 19.5 Å². The molecule has 2 aliphatic rings. The minimum atomic E-state index is -0.321. The van der Waals surface area contributed by atoms with Crippen molar-refractivity contribution < 1.29 is 14.3 Å². The molecule has 0 aromatic heterocycles. The molecule has 4 nitrogen and oxygen atoms in total. The minimum Gasteiger partial charge on any atom is -0.497 e. The molecule has 0 bridgehead atoms. The monoisotopic (exact) mass is 425 g/mol. The van der Waals surface area contributed by atoms with Gasteiger partial charge in [-0.1, -0.05) is 54.6 Å². The smallest absolute Gasteiger partial charge is 0.226 e. The van der Waals surface area contributed by atoms with Gasteiger partial charge in [0.15, 0.2) is 0 Å². The highest BCUT2D eigenvalue weighted by molar-refractivity contribution is 5.79. The number of rotatable bonds is 4. The molecule has 2 heterocycles. The van der Waals surface area contributed by atoms with Crippen LogP contribution < -0.4 is 9.47 Å². The van der Waals surface area contributed by atoms with E-state index in [9.17, 15) is 4.79 Å². The maximum Gasteiger partial charge on any atom is 0.226 e. The number of methoxy groups -OCH3 is 1. The Bertz CT molecular complexity index is 1130. The molecule has 1 fully saturated rings. The number of likely N-dealkylation sites (tertiary alicyclic amines) is 1. The summed E-state index contributed by atoms with van der Waals surface area (Å²) in [5.74, 6) is 1.89. The summed E-state index contributed by atoms with van der Waals surface area (Å²) in [7, 11) is 1.64. The number of benzene rings is 3. The second-order valence-electron chi connectivity index (χ2n) is 8.52. The molecule has 4 heteroatoms. The summed E-state index contributed by atoms with van der Waals surface area (Å²) < 4.78 is 11.7. The van der Waals surface area contributed by atoms with Crippen LogP contribution in [0.15, 0.2) is 78.9 Å². The third kappa shape index (κ3) is 4.13. The van der Waals surface area contributed by atoms with Crippen LogP contribution in [0.1, 0.15) is 24.0 Å². The van der Waals surface area contributed by atoms with Gasteiger partial charge in [0.25, 0.3) is 0 Å². The highest BCUT2D eigenvalue weighted by Gasteiger charge is 2.37. The summed E-state index contributed by atoms with van der Waals surface area (Å²) in [6, 6.07) is 24.5. The maximum atomic E-state index is 12.8. The van der Waals surface area contributed by atoms with Crippen molar-refractivity contribution in [3.63, 3.8) is 0 Å². The Morgan fingerprint density at radius 2 is 1.72 bits per heavy atom. The van der Waals surface area contributed by atoms with Crippen LogP contribution in [0.3, 0.4) is 0 Å². The van der Waals surface area contributed by atoms with E-state index in [0.717, 1.165) is 35.5 Å². The lowest BCUT2D eigenvalue weighted by atomic mass is 9.87. The number of piperidine rings is 1. The Labute approximate surface area is 189 Å². The number of nitrogens with zero attached hydrogens (tertiary/aromatic N) is 1. The molecule has 0 saturated carbocycles.